The third-order valence-electron chi connectivity index (χ3n) is 4.38. The zero-order chi connectivity index (χ0) is 17.4. The summed E-state index contributed by atoms with van der Waals surface area (Å²) in [6.45, 7) is 0. The fraction of sp³-hybridized carbons (Fsp3) is 0.278. The Morgan fingerprint density at radius 2 is 1.92 bits per heavy atom. The second kappa shape index (κ2) is 6.05. The lowest BCUT2D eigenvalue weighted by molar-refractivity contribution is 0.351. The maximum Gasteiger partial charge on any atom is 0.220 e. The number of hydrogen-bond acceptors (Lipinski definition) is 6. The molecule has 0 heterocycles. The van der Waals surface area contributed by atoms with E-state index in [9.17, 15) is 15.0 Å². The molecule has 0 radical (unpaired) electrons. The van der Waals surface area contributed by atoms with Gasteiger partial charge >= 0.3 is 0 Å². The quantitative estimate of drug-likeness (QED) is 0.729. The molecule has 1 aliphatic carbocycles. The zero-order valence-electron chi connectivity index (χ0n) is 13.5. The van der Waals surface area contributed by atoms with Crippen LogP contribution in [0.15, 0.2) is 29.1 Å². The molecule has 6 heteroatoms. The topological polar surface area (TPSA) is 102 Å². The van der Waals surface area contributed by atoms with Gasteiger partial charge in [-0.3, -0.25) is 4.79 Å². The normalized spacial score (nSPS) is 15.9. The molecule has 3 rings (SSSR count). The molecule has 0 saturated heterocycles. The van der Waals surface area contributed by atoms with E-state index in [1.165, 1.54) is 26.4 Å². The van der Waals surface area contributed by atoms with Crippen molar-refractivity contribution in [1.82, 2.24) is 0 Å². The maximum atomic E-state index is 12.3. The van der Waals surface area contributed by atoms with Crippen LogP contribution in [0.5, 0.6) is 23.0 Å². The summed E-state index contributed by atoms with van der Waals surface area (Å²) in [6, 6.07) is 5.94. The first-order valence-corrected chi connectivity index (χ1v) is 7.58. The van der Waals surface area contributed by atoms with Gasteiger partial charge in [0, 0.05) is 11.6 Å². The minimum atomic E-state index is -0.355. The van der Waals surface area contributed by atoms with Gasteiger partial charge in [0.2, 0.25) is 11.2 Å². The van der Waals surface area contributed by atoms with E-state index in [1.54, 1.807) is 12.1 Å². The lowest BCUT2D eigenvalue weighted by Gasteiger charge is -2.15. The molecule has 0 aromatic heterocycles. The zero-order valence-corrected chi connectivity index (χ0v) is 13.5. The van der Waals surface area contributed by atoms with E-state index in [0.717, 1.165) is 5.56 Å². The average molecular weight is 329 g/mol. The van der Waals surface area contributed by atoms with Crippen molar-refractivity contribution in [1.29, 1.82) is 0 Å². The van der Waals surface area contributed by atoms with E-state index in [0.29, 0.717) is 29.5 Å². The molecule has 0 amide bonds. The van der Waals surface area contributed by atoms with Gasteiger partial charge in [-0.05, 0) is 47.7 Å². The minimum absolute atomic E-state index is 0.165. The smallest absolute Gasteiger partial charge is 0.220 e. The molecule has 0 saturated carbocycles. The highest BCUT2D eigenvalue weighted by Crippen LogP contribution is 2.48. The molecule has 1 atom stereocenters. The van der Waals surface area contributed by atoms with E-state index >= 15 is 0 Å². The number of aromatic hydroxyl groups is 2. The van der Waals surface area contributed by atoms with Crippen LogP contribution >= 0.6 is 0 Å². The molecule has 0 spiro atoms. The number of ether oxygens (including phenoxy) is 2. The highest BCUT2D eigenvalue weighted by Gasteiger charge is 2.26. The predicted octanol–water partition coefficient (Wildman–Crippen LogP) is 2.09. The molecular formula is C18H19NO5. The van der Waals surface area contributed by atoms with Crippen molar-refractivity contribution >= 4 is 0 Å². The number of hydrogen-bond donors (Lipinski definition) is 3. The van der Waals surface area contributed by atoms with Crippen LogP contribution in [0, 0.1) is 0 Å². The largest absolute Gasteiger partial charge is 0.504 e. The molecule has 0 fully saturated rings. The first kappa shape index (κ1) is 16.1. The number of benzene rings is 1. The number of phenols is 2. The van der Waals surface area contributed by atoms with Gasteiger partial charge in [-0.1, -0.05) is 6.07 Å². The van der Waals surface area contributed by atoms with E-state index in [1.807, 2.05) is 0 Å². The molecule has 4 N–H and O–H groups in total. The molecular weight excluding hydrogens is 310 g/mol. The summed E-state index contributed by atoms with van der Waals surface area (Å²) in [6.07, 6.45) is 1.18. The molecule has 0 unspecified atom stereocenters. The Kier molecular flexibility index (Phi) is 4.07. The predicted molar refractivity (Wildman–Crippen MR) is 89.8 cm³/mol. The summed E-state index contributed by atoms with van der Waals surface area (Å²) in [5, 5.41) is 20.1. The maximum absolute atomic E-state index is 12.3. The number of aryl methyl sites for hydroxylation is 1. The van der Waals surface area contributed by atoms with Crippen LogP contribution in [-0.2, 0) is 6.42 Å². The van der Waals surface area contributed by atoms with Crippen LogP contribution < -0.4 is 20.6 Å². The van der Waals surface area contributed by atoms with Gasteiger partial charge in [-0.2, -0.15) is 0 Å². The Morgan fingerprint density at radius 1 is 1.17 bits per heavy atom. The number of methoxy groups -OCH3 is 2. The molecule has 2 aromatic carbocycles. The lowest BCUT2D eigenvalue weighted by Crippen LogP contribution is -2.12. The van der Waals surface area contributed by atoms with Gasteiger partial charge in [0.25, 0.3) is 0 Å². The van der Waals surface area contributed by atoms with Gasteiger partial charge in [-0.15, -0.1) is 0 Å². The summed E-state index contributed by atoms with van der Waals surface area (Å²) in [4.78, 5) is 12.3. The fourth-order valence-corrected chi connectivity index (χ4v) is 3.17. The lowest BCUT2D eigenvalue weighted by atomic mass is 9.96. The highest BCUT2D eigenvalue weighted by molar-refractivity contribution is 5.82. The number of phenolic OH excluding ortho intramolecular Hbond substituents is 2. The number of fused-ring (bicyclic) bond motifs is 3. The van der Waals surface area contributed by atoms with Crippen LogP contribution in [0.25, 0.3) is 11.1 Å². The van der Waals surface area contributed by atoms with Crippen LogP contribution in [0.2, 0.25) is 0 Å². The van der Waals surface area contributed by atoms with Gasteiger partial charge in [-0.25, -0.2) is 0 Å². The van der Waals surface area contributed by atoms with Crippen molar-refractivity contribution < 1.29 is 19.7 Å². The summed E-state index contributed by atoms with van der Waals surface area (Å²) in [7, 11) is 2.85. The molecule has 0 bridgehead atoms. The molecule has 0 aliphatic heterocycles. The van der Waals surface area contributed by atoms with Gasteiger partial charge in [0.1, 0.15) is 0 Å². The molecule has 2 aromatic rings. The summed E-state index contributed by atoms with van der Waals surface area (Å²) < 4.78 is 10.4. The van der Waals surface area contributed by atoms with Crippen LogP contribution in [0.4, 0.5) is 0 Å². The van der Waals surface area contributed by atoms with Crippen molar-refractivity contribution in [2.45, 2.75) is 18.9 Å². The third-order valence-corrected chi connectivity index (χ3v) is 4.38. The number of rotatable bonds is 2. The Morgan fingerprint density at radius 3 is 2.58 bits per heavy atom. The van der Waals surface area contributed by atoms with Gasteiger partial charge in [0.05, 0.1) is 14.2 Å². The second-order valence-electron chi connectivity index (χ2n) is 5.74. The van der Waals surface area contributed by atoms with Gasteiger partial charge in [0.15, 0.2) is 17.2 Å². The van der Waals surface area contributed by atoms with Crippen molar-refractivity contribution in [3.8, 4) is 34.1 Å². The van der Waals surface area contributed by atoms with Gasteiger partial charge < -0.3 is 25.4 Å². The first-order chi connectivity index (χ1) is 11.5. The van der Waals surface area contributed by atoms with Crippen LogP contribution in [-0.4, -0.2) is 24.4 Å². The van der Waals surface area contributed by atoms with E-state index in [2.05, 4.69) is 0 Å². The molecule has 6 nitrogen and oxygen atoms in total. The van der Waals surface area contributed by atoms with Crippen LogP contribution in [0.1, 0.15) is 23.6 Å². The monoisotopic (exact) mass is 329 g/mol. The van der Waals surface area contributed by atoms with Crippen molar-refractivity contribution in [2.75, 3.05) is 14.2 Å². The third kappa shape index (κ3) is 2.45. The Balaban J connectivity index is 2.44. The first-order valence-electron chi connectivity index (χ1n) is 7.58. The Labute approximate surface area is 139 Å². The minimum Gasteiger partial charge on any atom is -0.504 e. The van der Waals surface area contributed by atoms with E-state index < -0.39 is 0 Å². The van der Waals surface area contributed by atoms with Crippen molar-refractivity contribution in [3.63, 3.8) is 0 Å². The summed E-state index contributed by atoms with van der Waals surface area (Å²) in [5.41, 5.74) is 8.77. The Bertz CT molecular complexity index is 863. The van der Waals surface area contributed by atoms with E-state index in [4.69, 9.17) is 15.2 Å². The molecule has 24 heavy (non-hydrogen) atoms. The number of nitrogens with two attached hydrogens (primary N) is 1. The molecule has 1 aliphatic rings. The average Bonchev–Trinajstić information content (AvgIpc) is 2.80. The highest BCUT2D eigenvalue weighted by atomic mass is 16.5. The Hall–Kier alpha value is -2.73. The van der Waals surface area contributed by atoms with Crippen LogP contribution in [0.3, 0.4) is 0 Å². The van der Waals surface area contributed by atoms with E-state index in [-0.39, 0.29) is 34.5 Å². The summed E-state index contributed by atoms with van der Waals surface area (Å²) in [5.74, 6) is -0.208. The standard InChI is InChI=1S/C18H19NO5/c1-23-15-6-4-10-11(8-13(15)20)12(19)5-3-9-7-14(21)17(22)18(24-2)16(9)10/h4,6-8,12,21-22H,3,5,19H2,1-2H3/t12-/m1/s1. The second-order valence-corrected chi connectivity index (χ2v) is 5.74. The fourth-order valence-electron chi connectivity index (χ4n) is 3.17. The summed E-state index contributed by atoms with van der Waals surface area (Å²) >= 11 is 0. The SMILES string of the molecule is COc1c(O)c(O)cc2c1-c1ccc(OC)c(=O)cc1[C@H](N)CC2. The van der Waals surface area contributed by atoms with Crippen molar-refractivity contribution in [2.24, 2.45) is 5.73 Å². The van der Waals surface area contributed by atoms with Crippen molar-refractivity contribution in [3.05, 3.63) is 45.6 Å². The molecule has 126 valence electrons.